The number of fused-ring (bicyclic) bond motifs is 1. The van der Waals surface area contributed by atoms with E-state index in [0.29, 0.717) is 0 Å². The highest BCUT2D eigenvalue weighted by molar-refractivity contribution is 5.84. The van der Waals surface area contributed by atoms with Gasteiger partial charge in [0.2, 0.25) is 17.6 Å². The molecule has 1 aliphatic heterocycles. The van der Waals surface area contributed by atoms with Gasteiger partial charge in [-0.25, -0.2) is 4.98 Å². The number of hydrogen-bond acceptors (Lipinski definition) is 11. The molecule has 4 atom stereocenters. The van der Waals surface area contributed by atoms with E-state index in [1.165, 1.54) is 10.9 Å². The molecule has 0 radical (unpaired) electrons. The van der Waals surface area contributed by atoms with Crippen LogP contribution >= 0.6 is 0 Å². The molecule has 1 saturated heterocycles. The molecule has 13 nitrogen and oxygen atoms in total. The van der Waals surface area contributed by atoms with Crippen molar-refractivity contribution >= 4 is 34.6 Å². The summed E-state index contributed by atoms with van der Waals surface area (Å²) in [5.74, 6) is -2.71. The second-order valence-corrected chi connectivity index (χ2v) is 7.18. The predicted molar refractivity (Wildman–Crippen MR) is 104 cm³/mol. The van der Waals surface area contributed by atoms with Crippen LogP contribution in [0.25, 0.3) is 11.2 Å². The zero-order valence-corrected chi connectivity index (χ0v) is 17.0. The number of rotatable bonds is 9. The van der Waals surface area contributed by atoms with E-state index in [1.54, 1.807) is 0 Å². The lowest BCUT2D eigenvalue weighted by molar-refractivity contribution is -0.171. The quantitative estimate of drug-likeness (QED) is 0.267. The number of anilines is 2. The molecule has 0 aliphatic carbocycles. The van der Waals surface area contributed by atoms with E-state index < -0.39 is 62.0 Å². The molecule has 0 bridgehead atoms. The number of carbonyl (C=O) groups is 2. The summed E-state index contributed by atoms with van der Waals surface area (Å²) < 4.78 is 49.0. The summed E-state index contributed by atoms with van der Waals surface area (Å²) in [4.78, 5) is 34.8. The summed E-state index contributed by atoms with van der Waals surface area (Å²) in [5.41, 5.74) is 11.8. The number of nitrogens with zero attached hydrogens (tertiary/aromatic N) is 4. The topological polar surface area (TPSA) is 201 Å². The molecule has 16 heteroatoms. The van der Waals surface area contributed by atoms with Crippen molar-refractivity contribution in [2.24, 2.45) is 0 Å². The number of ketones is 1. The number of halogens is 3. The van der Waals surface area contributed by atoms with Crippen LogP contribution in [0.15, 0.2) is 6.33 Å². The summed E-state index contributed by atoms with van der Waals surface area (Å²) in [6.45, 7) is -1.32. The zero-order chi connectivity index (χ0) is 24.3. The third-order valence-corrected chi connectivity index (χ3v) is 4.86. The largest absolute Gasteiger partial charge is 0.449 e. The fourth-order valence-corrected chi connectivity index (χ4v) is 3.26. The molecule has 2 aromatic heterocycles. The molecule has 3 heterocycles. The van der Waals surface area contributed by atoms with Crippen LogP contribution in [0.3, 0.4) is 0 Å². The normalized spacial score (nSPS) is 23.2. The van der Waals surface area contributed by atoms with E-state index in [4.69, 9.17) is 20.9 Å². The first kappa shape index (κ1) is 24.6. The van der Waals surface area contributed by atoms with Crippen molar-refractivity contribution in [3.8, 4) is 0 Å². The first-order chi connectivity index (χ1) is 15.5. The van der Waals surface area contributed by atoms with Gasteiger partial charge in [0, 0.05) is 13.0 Å². The smallest absolute Gasteiger partial charge is 0.394 e. The third kappa shape index (κ3) is 5.47. The van der Waals surface area contributed by atoms with Crippen LogP contribution in [-0.2, 0) is 19.1 Å². The summed E-state index contributed by atoms with van der Waals surface area (Å²) in [5, 5.41) is 22.3. The number of alkyl halides is 3. The lowest BCUT2D eigenvalue weighted by atomic mass is 10.1. The summed E-state index contributed by atoms with van der Waals surface area (Å²) in [6, 6.07) is 0. The second-order valence-electron chi connectivity index (χ2n) is 7.18. The SMILES string of the molecule is Nc1nc(N)c2ncn([C@@H]3O[C@H](CO)C(O)[C@@H]3OCC(=O)NCCCC(=O)C(F)(F)F)c2n1. The van der Waals surface area contributed by atoms with Gasteiger partial charge in [0.25, 0.3) is 0 Å². The number of carbonyl (C=O) groups excluding carboxylic acids is 2. The molecule has 33 heavy (non-hydrogen) atoms. The molecule has 3 rings (SSSR count). The van der Waals surface area contributed by atoms with Crippen LogP contribution in [0.2, 0.25) is 0 Å². The fraction of sp³-hybridized carbons (Fsp3) is 0.588. The van der Waals surface area contributed by atoms with E-state index in [0.717, 1.165) is 0 Å². The molecule has 0 aromatic carbocycles. The Balaban J connectivity index is 1.63. The summed E-state index contributed by atoms with van der Waals surface area (Å²) in [7, 11) is 0. The van der Waals surface area contributed by atoms with E-state index >= 15 is 0 Å². The lowest BCUT2D eigenvalue weighted by Crippen LogP contribution is -2.38. The van der Waals surface area contributed by atoms with Gasteiger partial charge in [0.1, 0.15) is 30.4 Å². The molecule has 182 valence electrons. The monoisotopic (exact) mass is 477 g/mol. The molecule has 7 N–H and O–H groups in total. The van der Waals surface area contributed by atoms with E-state index in [1.807, 2.05) is 0 Å². The second kappa shape index (κ2) is 9.82. The van der Waals surface area contributed by atoms with Crippen LogP contribution in [0.5, 0.6) is 0 Å². The van der Waals surface area contributed by atoms with E-state index in [9.17, 15) is 33.0 Å². The van der Waals surface area contributed by atoms with Crippen LogP contribution < -0.4 is 16.8 Å². The molecule has 1 fully saturated rings. The van der Waals surface area contributed by atoms with Crippen molar-refractivity contribution in [3.63, 3.8) is 0 Å². The highest BCUT2D eigenvalue weighted by Gasteiger charge is 2.46. The van der Waals surface area contributed by atoms with E-state index in [2.05, 4.69) is 20.3 Å². The highest BCUT2D eigenvalue weighted by atomic mass is 19.4. The van der Waals surface area contributed by atoms with Crippen LogP contribution in [0.1, 0.15) is 19.1 Å². The number of aliphatic hydroxyl groups excluding tert-OH is 2. The number of amides is 1. The molecule has 2 aromatic rings. The van der Waals surface area contributed by atoms with Gasteiger partial charge < -0.3 is 36.5 Å². The molecule has 0 saturated carbocycles. The van der Waals surface area contributed by atoms with Gasteiger partial charge in [-0.15, -0.1) is 0 Å². The standard InChI is InChI=1S/C17H22F3N7O6/c18-17(19,20)8(29)2-1-3-23-9(30)5-32-12-11(31)7(4-28)33-15(12)27-6-24-10-13(21)25-16(22)26-14(10)27/h6-7,11-12,15,28,31H,1-5H2,(H,23,30)(H4,21,22,25,26)/t7-,11?,12+,15-/m1/s1. The number of aliphatic hydroxyl groups is 2. The number of nitrogens with two attached hydrogens (primary N) is 2. The Hall–Kier alpha value is -3.08. The zero-order valence-electron chi connectivity index (χ0n) is 17.0. The van der Waals surface area contributed by atoms with Crippen molar-refractivity contribution in [1.82, 2.24) is 24.8 Å². The minimum absolute atomic E-state index is 0.00866. The number of Topliss-reactive ketones (excluding diaryl/α,β-unsaturated/α-hetero) is 1. The van der Waals surface area contributed by atoms with Crippen LogP contribution in [-0.4, -0.2) is 85.7 Å². The van der Waals surface area contributed by atoms with Gasteiger partial charge in [-0.2, -0.15) is 23.1 Å². The molecule has 0 spiro atoms. The molecular weight excluding hydrogens is 455 g/mol. The van der Waals surface area contributed by atoms with Gasteiger partial charge in [0.15, 0.2) is 17.7 Å². The average Bonchev–Trinajstić information content (AvgIpc) is 3.29. The molecule has 1 aliphatic rings. The first-order valence-corrected chi connectivity index (χ1v) is 9.71. The Morgan fingerprint density at radius 1 is 1.30 bits per heavy atom. The Morgan fingerprint density at radius 2 is 2.03 bits per heavy atom. The molecule has 1 amide bonds. The maximum atomic E-state index is 12.2. The van der Waals surface area contributed by atoms with Crippen molar-refractivity contribution in [2.75, 3.05) is 31.2 Å². The lowest BCUT2D eigenvalue weighted by Gasteiger charge is -2.22. The van der Waals surface area contributed by atoms with Gasteiger partial charge in [-0.1, -0.05) is 0 Å². The Bertz CT molecular complexity index is 1020. The number of imidazole rings is 1. The van der Waals surface area contributed by atoms with Crippen molar-refractivity contribution in [3.05, 3.63) is 6.33 Å². The maximum absolute atomic E-state index is 12.2. The molecular formula is C17H22F3N7O6. The average molecular weight is 477 g/mol. The minimum Gasteiger partial charge on any atom is -0.394 e. The summed E-state index contributed by atoms with van der Waals surface area (Å²) in [6.07, 6.45) is -9.22. The van der Waals surface area contributed by atoms with Crippen molar-refractivity contribution in [1.29, 1.82) is 0 Å². The van der Waals surface area contributed by atoms with Gasteiger partial charge in [-0.05, 0) is 6.42 Å². The Kier molecular flexibility index (Phi) is 7.31. The Morgan fingerprint density at radius 3 is 2.70 bits per heavy atom. The van der Waals surface area contributed by atoms with Gasteiger partial charge in [0.05, 0.1) is 12.9 Å². The van der Waals surface area contributed by atoms with Gasteiger partial charge in [-0.3, -0.25) is 14.2 Å². The summed E-state index contributed by atoms with van der Waals surface area (Å²) >= 11 is 0. The van der Waals surface area contributed by atoms with Gasteiger partial charge >= 0.3 is 6.18 Å². The number of ether oxygens (including phenoxy) is 2. The number of nitrogens with one attached hydrogen (secondary N) is 1. The van der Waals surface area contributed by atoms with Crippen LogP contribution in [0, 0.1) is 0 Å². The van der Waals surface area contributed by atoms with E-state index in [-0.39, 0.29) is 35.9 Å². The van der Waals surface area contributed by atoms with Crippen LogP contribution in [0.4, 0.5) is 24.9 Å². The number of nitrogen functional groups attached to an aromatic ring is 2. The number of aromatic nitrogens is 4. The fourth-order valence-electron chi connectivity index (χ4n) is 3.26. The number of hydrogen-bond donors (Lipinski definition) is 5. The molecule has 1 unspecified atom stereocenters. The van der Waals surface area contributed by atoms with Crippen molar-refractivity contribution < 1.29 is 42.4 Å². The first-order valence-electron chi connectivity index (χ1n) is 9.71. The third-order valence-electron chi connectivity index (χ3n) is 4.86. The maximum Gasteiger partial charge on any atom is 0.449 e. The Labute approximate surface area is 183 Å². The predicted octanol–water partition coefficient (Wildman–Crippen LogP) is -1.35. The minimum atomic E-state index is -4.91. The highest BCUT2D eigenvalue weighted by Crippen LogP contribution is 2.34. The van der Waals surface area contributed by atoms with Crippen molar-refractivity contribution in [2.45, 2.75) is 43.6 Å².